The smallest absolute Gasteiger partial charge is 0.458 e. The first-order valence-electron chi connectivity index (χ1n) is 14.8. The number of nitrogens with zero attached hydrogens (tertiary/aromatic N) is 1. The second kappa shape index (κ2) is 8.91. The fourth-order valence-electron chi connectivity index (χ4n) is 10.6. The van der Waals surface area contributed by atoms with Crippen molar-refractivity contribution in [2.24, 2.45) is 56.7 Å². The Kier molecular flexibility index (Phi) is 6.54. The molecule has 0 radical (unpaired) electrons. The van der Waals surface area contributed by atoms with Crippen LogP contribution < -0.4 is 0 Å². The lowest BCUT2D eigenvalue weighted by Gasteiger charge is -2.71. The Bertz CT molecular complexity index is 1220. The fraction of sp³-hybridized carbons (Fsp3) is 0.812. The zero-order valence-corrected chi connectivity index (χ0v) is 24.5. The van der Waals surface area contributed by atoms with E-state index in [0.29, 0.717) is 32.1 Å². The molecule has 40 heavy (non-hydrogen) atoms. The van der Waals surface area contributed by atoms with E-state index in [4.69, 9.17) is 4.74 Å². The van der Waals surface area contributed by atoms with Crippen LogP contribution in [0.25, 0.3) is 0 Å². The molecule has 4 saturated carbocycles. The molecule has 5 aliphatic carbocycles. The monoisotopic (exact) mass is 561 g/mol. The quantitative estimate of drug-likeness (QED) is 0.339. The molecule has 5 aliphatic rings. The number of alkyl halides is 3. The number of fused-ring (bicyclic) bond motifs is 7. The Morgan fingerprint density at radius 3 is 2.30 bits per heavy atom. The minimum atomic E-state index is -5.05. The summed E-state index contributed by atoms with van der Waals surface area (Å²) < 4.78 is 44.2. The normalized spacial score (nSPS) is 46.1. The molecule has 9 unspecified atom stereocenters. The van der Waals surface area contributed by atoms with Gasteiger partial charge in [0, 0.05) is 23.7 Å². The molecule has 4 fully saturated rings. The van der Waals surface area contributed by atoms with Gasteiger partial charge in [-0.2, -0.15) is 18.4 Å². The van der Waals surface area contributed by atoms with Crippen molar-refractivity contribution in [1.82, 2.24) is 0 Å². The molecule has 0 aromatic rings. The second-order valence-electron chi connectivity index (χ2n) is 15.3. The number of Topliss-reactive ketones (excluding diaryl/α,β-unsaturated/α-hetero) is 2. The van der Waals surface area contributed by atoms with Gasteiger partial charge in [-0.15, -0.1) is 0 Å². The van der Waals surface area contributed by atoms with Crippen molar-refractivity contribution < 1.29 is 32.3 Å². The van der Waals surface area contributed by atoms with E-state index in [1.165, 1.54) is 0 Å². The summed E-state index contributed by atoms with van der Waals surface area (Å²) in [6.45, 7) is 12.5. The Morgan fingerprint density at radius 1 is 1.02 bits per heavy atom. The van der Waals surface area contributed by atoms with E-state index < -0.39 is 28.4 Å². The van der Waals surface area contributed by atoms with Gasteiger partial charge in [0.2, 0.25) is 0 Å². The number of rotatable bonds is 2. The molecule has 0 bridgehead atoms. The summed E-state index contributed by atoms with van der Waals surface area (Å²) in [6.07, 6.45) is 2.24. The summed E-state index contributed by atoms with van der Waals surface area (Å²) in [7, 11) is 0. The van der Waals surface area contributed by atoms with Crippen LogP contribution in [0.4, 0.5) is 13.2 Å². The first-order valence-corrected chi connectivity index (χ1v) is 14.8. The number of esters is 1. The van der Waals surface area contributed by atoms with Crippen molar-refractivity contribution in [3.63, 3.8) is 0 Å². The molecule has 9 atom stereocenters. The summed E-state index contributed by atoms with van der Waals surface area (Å²) in [5.74, 6) is -2.92. The van der Waals surface area contributed by atoms with Gasteiger partial charge in [0.1, 0.15) is 11.9 Å². The molecule has 0 amide bonds. The molecule has 0 spiro atoms. The number of hydrogen-bond acceptors (Lipinski definition) is 5. The summed E-state index contributed by atoms with van der Waals surface area (Å²) in [5.41, 5.74) is -1.67. The highest BCUT2D eigenvalue weighted by atomic mass is 19.4. The number of nitriles is 1. The molecule has 8 heteroatoms. The van der Waals surface area contributed by atoms with Gasteiger partial charge < -0.3 is 4.74 Å². The Hall–Kier alpha value is -2.17. The number of carbonyl (C=O) groups excluding carboxylic acids is 3. The minimum absolute atomic E-state index is 0.0430. The standard InChI is InChI=1S/C32H42F3NO4/c1-18-20-7-8-29(5)23(28(20,4)14-19(16-36)25(18)38)13-22(37)24-21-15-27(2,3)9-11-31(21,12-10-30(24,29)6)17-40-26(39)32(33,34)35/h14,18,20-21,23-24H,7-13,15,17H2,1-6H3. The third kappa shape index (κ3) is 3.96. The largest absolute Gasteiger partial charge is 0.490 e. The van der Waals surface area contributed by atoms with Gasteiger partial charge in [-0.25, -0.2) is 4.79 Å². The summed E-state index contributed by atoms with van der Waals surface area (Å²) in [6, 6.07) is 2.12. The molecule has 0 heterocycles. The van der Waals surface area contributed by atoms with E-state index in [2.05, 4.69) is 40.7 Å². The van der Waals surface area contributed by atoms with Crippen LogP contribution >= 0.6 is 0 Å². The number of ketones is 2. The summed E-state index contributed by atoms with van der Waals surface area (Å²) >= 11 is 0. The van der Waals surface area contributed by atoms with E-state index in [-0.39, 0.29) is 64.2 Å². The zero-order chi connectivity index (χ0) is 29.7. The number of halogens is 3. The van der Waals surface area contributed by atoms with E-state index in [0.717, 1.165) is 19.3 Å². The minimum Gasteiger partial charge on any atom is -0.458 e. The number of ether oxygens (including phenoxy) is 1. The molecule has 0 aliphatic heterocycles. The molecule has 220 valence electrons. The van der Waals surface area contributed by atoms with Crippen LogP contribution in [0.5, 0.6) is 0 Å². The van der Waals surface area contributed by atoms with Crippen LogP contribution in [0, 0.1) is 68.0 Å². The second-order valence-corrected chi connectivity index (χ2v) is 15.3. The van der Waals surface area contributed by atoms with Gasteiger partial charge in [0.05, 0.1) is 12.2 Å². The van der Waals surface area contributed by atoms with Gasteiger partial charge in [-0.3, -0.25) is 9.59 Å². The van der Waals surface area contributed by atoms with Crippen LogP contribution in [0.15, 0.2) is 11.6 Å². The Morgan fingerprint density at radius 2 is 1.68 bits per heavy atom. The van der Waals surface area contributed by atoms with Crippen molar-refractivity contribution in [3.05, 3.63) is 11.6 Å². The Balaban J connectivity index is 1.56. The van der Waals surface area contributed by atoms with E-state index in [9.17, 15) is 32.8 Å². The summed E-state index contributed by atoms with van der Waals surface area (Å²) in [5, 5.41) is 9.77. The average molecular weight is 562 g/mol. The van der Waals surface area contributed by atoms with Gasteiger partial charge in [0.15, 0.2) is 5.78 Å². The lowest BCUT2D eigenvalue weighted by Crippen LogP contribution is -2.68. The molecular weight excluding hydrogens is 519 g/mol. The van der Waals surface area contributed by atoms with Gasteiger partial charge in [-0.1, -0.05) is 47.6 Å². The maximum absolute atomic E-state index is 14.4. The van der Waals surface area contributed by atoms with Gasteiger partial charge >= 0.3 is 12.1 Å². The van der Waals surface area contributed by atoms with Crippen molar-refractivity contribution >= 4 is 17.5 Å². The van der Waals surface area contributed by atoms with Crippen molar-refractivity contribution in [2.45, 2.75) is 99.1 Å². The Labute approximate surface area is 235 Å². The van der Waals surface area contributed by atoms with Crippen LogP contribution in [0.2, 0.25) is 0 Å². The van der Waals surface area contributed by atoms with Crippen LogP contribution in [0.1, 0.15) is 92.9 Å². The maximum Gasteiger partial charge on any atom is 0.490 e. The van der Waals surface area contributed by atoms with Crippen molar-refractivity contribution in [1.29, 1.82) is 5.26 Å². The molecule has 0 aromatic carbocycles. The number of hydrogen-bond donors (Lipinski definition) is 0. The van der Waals surface area contributed by atoms with E-state index >= 15 is 0 Å². The van der Waals surface area contributed by atoms with Gasteiger partial charge in [0.25, 0.3) is 0 Å². The predicted octanol–water partition coefficient (Wildman–Crippen LogP) is 7.00. The number of allylic oxidation sites excluding steroid dienone is 2. The topological polar surface area (TPSA) is 84.2 Å². The fourth-order valence-corrected chi connectivity index (χ4v) is 10.6. The van der Waals surface area contributed by atoms with E-state index in [1.54, 1.807) is 0 Å². The van der Waals surface area contributed by atoms with Crippen molar-refractivity contribution in [2.75, 3.05) is 6.61 Å². The van der Waals surface area contributed by atoms with Crippen molar-refractivity contribution in [3.8, 4) is 6.07 Å². The highest BCUT2D eigenvalue weighted by Gasteiger charge is 2.71. The lowest BCUT2D eigenvalue weighted by molar-refractivity contribution is -0.231. The third-order valence-electron chi connectivity index (χ3n) is 13.0. The zero-order valence-electron chi connectivity index (χ0n) is 24.5. The third-order valence-corrected chi connectivity index (χ3v) is 13.0. The van der Waals surface area contributed by atoms with E-state index in [1.807, 2.05) is 13.0 Å². The highest BCUT2D eigenvalue weighted by molar-refractivity contribution is 6.01. The van der Waals surface area contributed by atoms with Crippen LogP contribution in [-0.2, 0) is 19.1 Å². The molecule has 0 N–H and O–H groups in total. The molecule has 5 nitrogen and oxygen atoms in total. The predicted molar refractivity (Wildman–Crippen MR) is 141 cm³/mol. The molecule has 0 saturated heterocycles. The first-order chi connectivity index (χ1) is 18.4. The SMILES string of the molecule is CC1C(=O)C(C#N)=CC2(C)C1CCC1(C)C2CC(=O)C2C3CC(C)(C)CCC3(COC(=O)C(F)(F)F)CCC21C. The molecular formula is C32H42F3NO4. The average Bonchev–Trinajstić information content (AvgIpc) is 2.86. The maximum atomic E-state index is 14.4. The molecule has 0 aromatic heterocycles. The highest BCUT2D eigenvalue weighted by Crippen LogP contribution is 2.75. The van der Waals surface area contributed by atoms with Gasteiger partial charge in [-0.05, 0) is 84.4 Å². The first kappa shape index (κ1) is 29.3. The van der Waals surface area contributed by atoms with Crippen LogP contribution in [-0.4, -0.2) is 30.3 Å². The summed E-state index contributed by atoms with van der Waals surface area (Å²) in [4.78, 5) is 39.1. The molecule has 5 rings (SSSR count). The van der Waals surface area contributed by atoms with Crippen LogP contribution in [0.3, 0.4) is 0 Å². The number of carbonyl (C=O) groups is 3. The lowest BCUT2D eigenvalue weighted by atomic mass is 9.32.